The van der Waals surface area contributed by atoms with Gasteiger partial charge in [-0.3, -0.25) is 9.48 Å². The van der Waals surface area contributed by atoms with Crippen LogP contribution in [0.25, 0.3) is 0 Å². The summed E-state index contributed by atoms with van der Waals surface area (Å²) in [4.78, 5) is 11.9. The summed E-state index contributed by atoms with van der Waals surface area (Å²) in [5, 5.41) is 7.09. The Balaban J connectivity index is 2.67. The number of rotatable bonds is 5. The highest BCUT2D eigenvalue weighted by atomic mass is 35.5. The van der Waals surface area contributed by atoms with E-state index in [0.717, 1.165) is 18.5 Å². The molecule has 1 heterocycles. The Morgan fingerprint density at radius 3 is 2.81 bits per heavy atom. The number of hydrogen-bond acceptors (Lipinski definition) is 2. The Morgan fingerprint density at radius 2 is 2.38 bits per heavy atom. The highest BCUT2D eigenvalue weighted by Crippen LogP contribution is 2.05. The summed E-state index contributed by atoms with van der Waals surface area (Å²) in [6.07, 6.45) is 1.68. The molecule has 0 spiro atoms. The number of halogens is 1. The Bertz CT molecular complexity index is 362. The molecule has 0 aromatic carbocycles. The van der Waals surface area contributed by atoms with Crippen LogP contribution in [0.15, 0.2) is 6.07 Å². The molecule has 5 heteroatoms. The first-order valence-corrected chi connectivity index (χ1v) is 5.99. The van der Waals surface area contributed by atoms with Crippen LogP contribution >= 0.6 is 11.6 Å². The number of nitrogens with one attached hydrogen (secondary N) is 1. The first kappa shape index (κ1) is 13.0. The molecule has 1 rings (SSSR count). The van der Waals surface area contributed by atoms with Crippen LogP contribution in [0, 0.1) is 6.92 Å². The molecular formula is C11H18ClN3O. The summed E-state index contributed by atoms with van der Waals surface area (Å²) in [6, 6.07) is 1.92. The van der Waals surface area contributed by atoms with Crippen LogP contribution in [-0.2, 0) is 7.05 Å². The quantitative estimate of drug-likeness (QED) is 0.803. The van der Waals surface area contributed by atoms with Crippen molar-refractivity contribution in [2.45, 2.75) is 32.7 Å². The average Bonchev–Trinajstić information content (AvgIpc) is 2.57. The molecule has 0 saturated carbocycles. The highest BCUT2D eigenvalue weighted by Gasteiger charge is 2.15. The minimum absolute atomic E-state index is 0.0833. The van der Waals surface area contributed by atoms with E-state index in [1.54, 1.807) is 17.8 Å². The molecule has 0 aliphatic carbocycles. The van der Waals surface area contributed by atoms with Crippen molar-refractivity contribution in [2.24, 2.45) is 7.05 Å². The molecule has 0 fully saturated rings. The zero-order valence-corrected chi connectivity index (χ0v) is 10.7. The number of alkyl halides is 1. The Kier molecular flexibility index (Phi) is 4.80. The van der Waals surface area contributed by atoms with E-state index >= 15 is 0 Å². The molecule has 1 N–H and O–H groups in total. The Labute approximate surface area is 101 Å². The van der Waals surface area contributed by atoms with Crippen molar-refractivity contribution in [3.8, 4) is 0 Å². The Hall–Kier alpha value is -1.03. The van der Waals surface area contributed by atoms with E-state index in [9.17, 15) is 4.79 Å². The second-order valence-electron chi connectivity index (χ2n) is 3.85. The first-order valence-electron chi connectivity index (χ1n) is 5.46. The fourth-order valence-electron chi connectivity index (χ4n) is 1.59. The van der Waals surface area contributed by atoms with Gasteiger partial charge in [-0.15, -0.1) is 11.6 Å². The lowest BCUT2D eigenvalue weighted by atomic mass is 10.1. The molecule has 16 heavy (non-hydrogen) atoms. The van der Waals surface area contributed by atoms with Crippen LogP contribution in [0.4, 0.5) is 0 Å². The maximum Gasteiger partial charge on any atom is 0.269 e. The minimum atomic E-state index is -0.0833. The fraction of sp³-hybridized carbons (Fsp3) is 0.636. The van der Waals surface area contributed by atoms with Gasteiger partial charge in [0.15, 0.2) is 0 Å². The molecule has 0 bridgehead atoms. The van der Waals surface area contributed by atoms with Crippen LogP contribution in [0.1, 0.15) is 35.9 Å². The van der Waals surface area contributed by atoms with E-state index in [0.29, 0.717) is 11.6 Å². The van der Waals surface area contributed by atoms with Crippen LogP contribution in [-0.4, -0.2) is 27.6 Å². The molecule has 4 nitrogen and oxygen atoms in total. The third kappa shape index (κ3) is 3.23. The third-order valence-electron chi connectivity index (χ3n) is 2.52. The SMILES string of the molecule is CCC(CCCl)NC(=O)c1cc(C)nn1C. The highest BCUT2D eigenvalue weighted by molar-refractivity contribution is 6.17. The molecular weight excluding hydrogens is 226 g/mol. The first-order chi connectivity index (χ1) is 7.58. The second-order valence-corrected chi connectivity index (χ2v) is 4.23. The van der Waals surface area contributed by atoms with Crippen molar-refractivity contribution < 1.29 is 4.79 Å². The summed E-state index contributed by atoms with van der Waals surface area (Å²) in [6.45, 7) is 3.90. The normalized spacial score (nSPS) is 12.5. The maximum absolute atomic E-state index is 11.9. The molecule has 0 saturated heterocycles. The smallest absolute Gasteiger partial charge is 0.269 e. The van der Waals surface area contributed by atoms with Crippen molar-refractivity contribution in [1.82, 2.24) is 15.1 Å². The number of amides is 1. The zero-order valence-electron chi connectivity index (χ0n) is 9.96. The van der Waals surface area contributed by atoms with E-state index in [2.05, 4.69) is 10.4 Å². The largest absolute Gasteiger partial charge is 0.348 e. The van der Waals surface area contributed by atoms with Crippen molar-refractivity contribution in [1.29, 1.82) is 0 Å². The summed E-state index contributed by atoms with van der Waals surface area (Å²) in [5.74, 6) is 0.475. The predicted octanol–water partition coefficient (Wildman–Crippen LogP) is 1.87. The molecule has 1 atom stereocenters. The summed E-state index contributed by atoms with van der Waals surface area (Å²) >= 11 is 5.67. The number of carbonyl (C=O) groups excluding carboxylic acids is 1. The van der Waals surface area contributed by atoms with Gasteiger partial charge in [0.25, 0.3) is 5.91 Å². The van der Waals surface area contributed by atoms with Gasteiger partial charge in [-0.25, -0.2) is 0 Å². The number of nitrogens with zero attached hydrogens (tertiary/aromatic N) is 2. The van der Waals surface area contributed by atoms with Crippen molar-refractivity contribution in [3.63, 3.8) is 0 Å². The third-order valence-corrected chi connectivity index (χ3v) is 2.74. The summed E-state index contributed by atoms with van der Waals surface area (Å²) in [5.41, 5.74) is 1.43. The van der Waals surface area contributed by atoms with E-state index in [-0.39, 0.29) is 11.9 Å². The number of aryl methyl sites for hydroxylation is 2. The van der Waals surface area contributed by atoms with Gasteiger partial charge in [0.2, 0.25) is 0 Å². The molecule has 0 aliphatic heterocycles. The van der Waals surface area contributed by atoms with Crippen LogP contribution in [0.3, 0.4) is 0 Å². The van der Waals surface area contributed by atoms with Crippen molar-refractivity contribution in [2.75, 3.05) is 5.88 Å². The number of hydrogen-bond donors (Lipinski definition) is 1. The van der Waals surface area contributed by atoms with Gasteiger partial charge in [0, 0.05) is 19.0 Å². The van der Waals surface area contributed by atoms with Gasteiger partial charge in [0.05, 0.1) is 5.69 Å². The zero-order chi connectivity index (χ0) is 12.1. The lowest BCUT2D eigenvalue weighted by Crippen LogP contribution is -2.35. The second kappa shape index (κ2) is 5.89. The molecule has 1 aromatic heterocycles. The molecule has 1 unspecified atom stereocenters. The molecule has 0 aliphatic rings. The van der Waals surface area contributed by atoms with Gasteiger partial charge in [-0.2, -0.15) is 5.10 Å². The summed E-state index contributed by atoms with van der Waals surface area (Å²) in [7, 11) is 1.77. The predicted molar refractivity (Wildman–Crippen MR) is 64.8 cm³/mol. The van der Waals surface area contributed by atoms with Crippen molar-refractivity contribution >= 4 is 17.5 Å². The Morgan fingerprint density at radius 1 is 1.69 bits per heavy atom. The number of aromatic nitrogens is 2. The van der Waals surface area contributed by atoms with Crippen molar-refractivity contribution in [3.05, 3.63) is 17.5 Å². The molecule has 1 amide bonds. The van der Waals surface area contributed by atoms with Gasteiger partial charge in [-0.05, 0) is 25.8 Å². The molecule has 1 aromatic rings. The standard InChI is InChI=1S/C11H18ClN3O/c1-4-9(5-6-12)13-11(16)10-7-8(2)14-15(10)3/h7,9H,4-6H2,1-3H3,(H,13,16). The lowest BCUT2D eigenvalue weighted by molar-refractivity contribution is 0.0925. The topological polar surface area (TPSA) is 46.9 Å². The van der Waals surface area contributed by atoms with Crippen LogP contribution < -0.4 is 5.32 Å². The van der Waals surface area contributed by atoms with Crippen LogP contribution in [0.5, 0.6) is 0 Å². The monoisotopic (exact) mass is 243 g/mol. The van der Waals surface area contributed by atoms with Gasteiger partial charge in [0.1, 0.15) is 5.69 Å². The summed E-state index contributed by atoms with van der Waals surface area (Å²) < 4.78 is 1.60. The lowest BCUT2D eigenvalue weighted by Gasteiger charge is -2.15. The van der Waals surface area contributed by atoms with Gasteiger partial charge < -0.3 is 5.32 Å². The van der Waals surface area contributed by atoms with Gasteiger partial charge >= 0.3 is 0 Å². The molecule has 0 radical (unpaired) electrons. The maximum atomic E-state index is 11.9. The van der Waals surface area contributed by atoms with E-state index < -0.39 is 0 Å². The minimum Gasteiger partial charge on any atom is -0.348 e. The van der Waals surface area contributed by atoms with E-state index in [4.69, 9.17) is 11.6 Å². The average molecular weight is 244 g/mol. The number of carbonyl (C=O) groups is 1. The van der Waals surface area contributed by atoms with E-state index in [1.807, 2.05) is 13.8 Å². The molecule has 90 valence electrons. The van der Waals surface area contributed by atoms with E-state index in [1.165, 1.54) is 0 Å². The van der Waals surface area contributed by atoms with Gasteiger partial charge in [-0.1, -0.05) is 6.92 Å². The fourth-order valence-corrected chi connectivity index (χ4v) is 1.86. The van der Waals surface area contributed by atoms with Crippen LogP contribution in [0.2, 0.25) is 0 Å².